The molecule has 1 unspecified atom stereocenters. The highest BCUT2D eigenvalue weighted by Gasteiger charge is 2.43. The Labute approximate surface area is 152 Å². The number of carbonyl (C=O) groups is 1. The molecule has 134 valence electrons. The van der Waals surface area contributed by atoms with Crippen LogP contribution in [0.4, 0.5) is 4.79 Å². The van der Waals surface area contributed by atoms with Gasteiger partial charge in [-0.25, -0.2) is 4.79 Å². The second-order valence-corrected chi connectivity index (χ2v) is 8.09. The summed E-state index contributed by atoms with van der Waals surface area (Å²) in [6.45, 7) is 6.96. The van der Waals surface area contributed by atoms with Gasteiger partial charge >= 0.3 is 6.09 Å². The van der Waals surface area contributed by atoms with Crippen LogP contribution < -0.4 is 5.73 Å². The van der Waals surface area contributed by atoms with E-state index in [1.54, 1.807) is 12.1 Å². The normalized spacial score (nSPS) is 25.4. The van der Waals surface area contributed by atoms with Gasteiger partial charge in [0, 0.05) is 13.1 Å². The van der Waals surface area contributed by atoms with Crippen molar-refractivity contribution in [3.8, 4) is 0 Å². The summed E-state index contributed by atoms with van der Waals surface area (Å²) in [7, 11) is 0. The Hall–Kier alpha value is -1.01. The summed E-state index contributed by atoms with van der Waals surface area (Å²) in [5.74, 6) is 0. The number of nitrogens with two attached hydrogens (primary N) is 1. The maximum absolute atomic E-state index is 11.5. The van der Waals surface area contributed by atoms with Crippen molar-refractivity contribution in [1.82, 2.24) is 4.90 Å². The molecule has 2 rings (SSSR count). The number of nitrogens with zero attached hydrogens (tertiary/aromatic N) is 1. The van der Waals surface area contributed by atoms with Gasteiger partial charge in [-0.05, 0) is 29.5 Å². The van der Waals surface area contributed by atoms with Crippen LogP contribution in [-0.2, 0) is 10.3 Å². The molecule has 0 aliphatic carbocycles. The zero-order valence-corrected chi connectivity index (χ0v) is 15.7. The average Bonchev–Trinajstić information content (AvgIpc) is 2.70. The first kappa shape index (κ1) is 19.3. The van der Waals surface area contributed by atoms with Crippen molar-refractivity contribution in [2.45, 2.75) is 38.9 Å². The van der Waals surface area contributed by atoms with Crippen LogP contribution in [-0.4, -0.2) is 41.8 Å². The van der Waals surface area contributed by atoms with Gasteiger partial charge in [0.25, 0.3) is 0 Å². The van der Waals surface area contributed by atoms with Gasteiger partial charge in [0.2, 0.25) is 0 Å². The van der Waals surface area contributed by atoms with Crippen molar-refractivity contribution in [1.29, 1.82) is 0 Å². The molecule has 24 heavy (non-hydrogen) atoms. The minimum Gasteiger partial charge on any atom is -0.465 e. The van der Waals surface area contributed by atoms with Gasteiger partial charge in [-0.3, -0.25) is 0 Å². The molecule has 1 amide bonds. The van der Waals surface area contributed by atoms with E-state index >= 15 is 0 Å². The lowest BCUT2D eigenvalue weighted by Crippen LogP contribution is -2.45. The zero-order valence-electron chi connectivity index (χ0n) is 14.2. The molecular formula is C17H24Cl2N2O3. The summed E-state index contributed by atoms with van der Waals surface area (Å²) in [6.07, 6.45) is -0.788. The summed E-state index contributed by atoms with van der Waals surface area (Å²) in [5, 5.41) is 10.3. The molecule has 1 heterocycles. The Kier molecular flexibility index (Phi) is 5.70. The Morgan fingerprint density at radius 2 is 2.08 bits per heavy atom. The number of rotatable bonds is 2. The molecule has 1 saturated heterocycles. The van der Waals surface area contributed by atoms with E-state index in [1.807, 2.05) is 26.8 Å². The van der Waals surface area contributed by atoms with Crippen LogP contribution in [0.15, 0.2) is 18.2 Å². The van der Waals surface area contributed by atoms with Crippen LogP contribution in [0.3, 0.4) is 0 Å². The van der Waals surface area contributed by atoms with Crippen LogP contribution in [0.25, 0.3) is 0 Å². The minimum atomic E-state index is -0.949. The van der Waals surface area contributed by atoms with Crippen molar-refractivity contribution in [2.24, 2.45) is 11.1 Å². The molecule has 0 saturated carbocycles. The zero-order chi connectivity index (χ0) is 18.1. The molecule has 0 aromatic heterocycles. The average molecular weight is 375 g/mol. The van der Waals surface area contributed by atoms with Gasteiger partial charge in [0.15, 0.2) is 0 Å². The van der Waals surface area contributed by atoms with E-state index in [9.17, 15) is 9.90 Å². The fourth-order valence-electron chi connectivity index (χ4n) is 2.86. The lowest BCUT2D eigenvalue weighted by atomic mass is 9.86. The van der Waals surface area contributed by atoms with Gasteiger partial charge in [-0.15, -0.1) is 0 Å². The SMILES string of the molecule is CC(C)(C)C1CN(C(=O)O)CC[C@@](CN)(c2ccc(Cl)c(Cl)c2)O1. The summed E-state index contributed by atoms with van der Waals surface area (Å²) in [5.41, 5.74) is 5.87. The van der Waals surface area contributed by atoms with Crippen molar-refractivity contribution in [3.05, 3.63) is 33.8 Å². The number of hydrogen-bond donors (Lipinski definition) is 2. The van der Waals surface area contributed by atoms with Gasteiger partial charge < -0.3 is 20.5 Å². The quantitative estimate of drug-likeness (QED) is 0.820. The van der Waals surface area contributed by atoms with E-state index in [0.717, 1.165) is 5.56 Å². The fraction of sp³-hybridized carbons (Fsp3) is 0.588. The molecule has 1 fully saturated rings. The van der Waals surface area contributed by atoms with E-state index in [2.05, 4.69) is 0 Å². The Morgan fingerprint density at radius 1 is 1.42 bits per heavy atom. The van der Waals surface area contributed by atoms with E-state index in [0.29, 0.717) is 29.6 Å². The summed E-state index contributed by atoms with van der Waals surface area (Å²) < 4.78 is 6.44. The number of ether oxygens (including phenoxy) is 1. The number of benzene rings is 1. The van der Waals surface area contributed by atoms with Gasteiger partial charge in [0.05, 0.1) is 22.7 Å². The van der Waals surface area contributed by atoms with Gasteiger partial charge in [-0.1, -0.05) is 50.0 Å². The van der Waals surface area contributed by atoms with Crippen LogP contribution in [0.1, 0.15) is 32.8 Å². The van der Waals surface area contributed by atoms with Gasteiger partial charge in [0.1, 0.15) is 5.60 Å². The van der Waals surface area contributed by atoms with Crippen molar-refractivity contribution in [3.63, 3.8) is 0 Å². The van der Waals surface area contributed by atoms with E-state index in [-0.39, 0.29) is 18.1 Å². The number of halogens is 2. The molecule has 1 aliphatic rings. The first-order valence-electron chi connectivity index (χ1n) is 7.90. The standard InChI is InChI=1S/C17H24Cl2N2O3/c1-16(2,3)14-9-21(15(22)23)7-6-17(10-20,24-14)11-4-5-12(18)13(19)8-11/h4-5,8,14H,6-7,9-10,20H2,1-3H3,(H,22,23)/t14?,17-/m1/s1. The third-order valence-electron chi connectivity index (χ3n) is 4.55. The van der Waals surface area contributed by atoms with Gasteiger partial charge in [-0.2, -0.15) is 0 Å². The summed E-state index contributed by atoms with van der Waals surface area (Å²) in [6, 6.07) is 5.32. The molecule has 1 aliphatic heterocycles. The second kappa shape index (κ2) is 7.08. The van der Waals surface area contributed by atoms with Crippen molar-refractivity contribution in [2.75, 3.05) is 19.6 Å². The molecule has 3 N–H and O–H groups in total. The fourth-order valence-corrected chi connectivity index (χ4v) is 3.16. The summed E-state index contributed by atoms with van der Waals surface area (Å²) in [4.78, 5) is 12.9. The molecule has 5 nitrogen and oxygen atoms in total. The third-order valence-corrected chi connectivity index (χ3v) is 5.29. The number of hydrogen-bond acceptors (Lipinski definition) is 3. The Balaban J connectivity index is 2.47. The Morgan fingerprint density at radius 3 is 2.58 bits per heavy atom. The molecular weight excluding hydrogens is 351 g/mol. The molecule has 7 heteroatoms. The molecule has 1 aromatic rings. The minimum absolute atomic E-state index is 0.227. The lowest BCUT2D eigenvalue weighted by Gasteiger charge is -2.39. The molecule has 0 spiro atoms. The van der Waals surface area contributed by atoms with Crippen molar-refractivity contribution >= 4 is 29.3 Å². The van der Waals surface area contributed by atoms with Crippen molar-refractivity contribution < 1.29 is 14.6 Å². The predicted octanol–water partition coefficient (Wildman–Crippen LogP) is 3.96. The first-order chi connectivity index (χ1) is 11.1. The monoisotopic (exact) mass is 374 g/mol. The first-order valence-corrected chi connectivity index (χ1v) is 8.66. The van der Waals surface area contributed by atoms with Crippen LogP contribution >= 0.6 is 23.2 Å². The smallest absolute Gasteiger partial charge is 0.407 e. The topological polar surface area (TPSA) is 75.8 Å². The largest absolute Gasteiger partial charge is 0.465 e. The molecule has 1 aromatic carbocycles. The second-order valence-electron chi connectivity index (χ2n) is 7.28. The van der Waals surface area contributed by atoms with Crippen LogP contribution in [0, 0.1) is 5.41 Å². The van der Waals surface area contributed by atoms with E-state index in [4.69, 9.17) is 33.7 Å². The highest BCUT2D eigenvalue weighted by Crippen LogP contribution is 2.39. The van der Waals surface area contributed by atoms with E-state index in [1.165, 1.54) is 4.90 Å². The number of carboxylic acid groups (broad SMARTS) is 1. The predicted molar refractivity (Wildman–Crippen MR) is 95.7 cm³/mol. The lowest BCUT2D eigenvalue weighted by molar-refractivity contribution is -0.125. The summed E-state index contributed by atoms with van der Waals surface area (Å²) >= 11 is 12.2. The van der Waals surface area contributed by atoms with Crippen LogP contribution in [0.5, 0.6) is 0 Å². The number of amides is 1. The highest BCUT2D eigenvalue weighted by atomic mass is 35.5. The van der Waals surface area contributed by atoms with E-state index < -0.39 is 11.7 Å². The molecule has 0 bridgehead atoms. The maximum atomic E-state index is 11.5. The maximum Gasteiger partial charge on any atom is 0.407 e. The molecule has 0 radical (unpaired) electrons. The third kappa shape index (κ3) is 3.97. The van der Waals surface area contributed by atoms with Crippen LogP contribution in [0.2, 0.25) is 10.0 Å². The highest BCUT2D eigenvalue weighted by molar-refractivity contribution is 6.42. The Bertz CT molecular complexity index is 618. The molecule has 2 atom stereocenters.